The van der Waals surface area contributed by atoms with Gasteiger partial charge in [-0.15, -0.1) is 36.2 Å². The van der Waals surface area contributed by atoms with Gasteiger partial charge in [-0.1, -0.05) is 5.16 Å². The van der Waals surface area contributed by atoms with E-state index < -0.39 is 0 Å². The number of pyridine rings is 2. The molecule has 0 aromatic carbocycles. The lowest BCUT2D eigenvalue weighted by atomic mass is 10.0. The van der Waals surface area contributed by atoms with E-state index >= 15 is 0 Å². The van der Waals surface area contributed by atoms with Crippen LogP contribution in [0.15, 0.2) is 54.2 Å². The maximum Gasteiger partial charge on any atom is 0.0751 e. The van der Waals surface area contributed by atoms with Crippen LogP contribution in [0.1, 0.15) is 11.1 Å². The zero-order valence-corrected chi connectivity index (χ0v) is 14.7. The molecule has 3 heterocycles. The summed E-state index contributed by atoms with van der Waals surface area (Å²) in [7, 11) is 0. The number of oxime groups is 1. The van der Waals surface area contributed by atoms with Crippen molar-refractivity contribution < 1.29 is 5.21 Å². The molecule has 23 heavy (non-hydrogen) atoms. The summed E-state index contributed by atoms with van der Waals surface area (Å²) in [5, 5.41) is 12.2. The minimum Gasteiger partial charge on any atom is -0.411 e. The Morgan fingerprint density at radius 1 is 0.913 bits per heavy atom. The van der Waals surface area contributed by atoms with Crippen LogP contribution in [0.4, 0.5) is 0 Å². The van der Waals surface area contributed by atoms with Gasteiger partial charge in [-0.2, -0.15) is 0 Å². The van der Waals surface area contributed by atoms with Crippen LogP contribution in [0.25, 0.3) is 20.9 Å². The number of aromatic nitrogens is 2. The SMILES string of the molecule is Cc1c(-c2ccncc2)sc(-c2ccncc2)c1/C=N/O.Cl.Cl. The van der Waals surface area contributed by atoms with Gasteiger partial charge < -0.3 is 5.21 Å². The summed E-state index contributed by atoms with van der Waals surface area (Å²) in [5.41, 5.74) is 4.20. The van der Waals surface area contributed by atoms with Crippen molar-refractivity contribution in [2.24, 2.45) is 5.16 Å². The van der Waals surface area contributed by atoms with Crippen LogP contribution in [0.5, 0.6) is 0 Å². The van der Waals surface area contributed by atoms with Crippen molar-refractivity contribution in [3.8, 4) is 20.9 Å². The molecule has 0 atom stereocenters. The Bertz CT molecular complexity index is 777. The average Bonchev–Trinajstić information content (AvgIpc) is 2.87. The highest BCUT2D eigenvalue weighted by atomic mass is 35.5. The van der Waals surface area contributed by atoms with Gasteiger partial charge in [0.1, 0.15) is 0 Å². The van der Waals surface area contributed by atoms with Crippen LogP contribution in [-0.2, 0) is 0 Å². The van der Waals surface area contributed by atoms with Crippen LogP contribution in [0, 0.1) is 6.92 Å². The zero-order valence-electron chi connectivity index (χ0n) is 12.2. The van der Waals surface area contributed by atoms with Crippen molar-refractivity contribution in [3.63, 3.8) is 0 Å². The first kappa shape index (κ1) is 19.1. The number of rotatable bonds is 3. The van der Waals surface area contributed by atoms with Crippen LogP contribution >= 0.6 is 36.2 Å². The Balaban J connectivity index is 0.00000132. The number of nitrogens with zero attached hydrogens (tertiary/aromatic N) is 3. The lowest BCUT2D eigenvalue weighted by molar-refractivity contribution is 0.322. The van der Waals surface area contributed by atoms with E-state index in [2.05, 4.69) is 15.1 Å². The van der Waals surface area contributed by atoms with Gasteiger partial charge in [-0.05, 0) is 47.9 Å². The van der Waals surface area contributed by atoms with Crippen molar-refractivity contribution in [1.82, 2.24) is 9.97 Å². The molecule has 0 spiro atoms. The van der Waals surface area contributed by atoms with Crippen LogP contribution in [0.2, 0.25) is 0 Å². The molecule has 0 bridgehead atoms. The standard InChI is InChI=1S/C16H13N3OS.2ClH/c1-11-14(10-19-20)16(13-4-8-18-9-5-13)21-15(11)12-2-6-17-7-3-12;;/h2-10,20H,1H3;2*1H/b19-10+;;. The second-order valence-electron chi connectivity index (χ2n) is 4.52. The van der Waals surface area contributed by atoms with E-state index in [1.165, 1.54) is 6.21 Å². The average molecular weight is 368 g/mol. The third kappa shape index (κ3) is 3.88. The largest absolute Gasteiger partial charge is 0.411 e. The topological polar surface area (TPSA) is 58.4 Å². The molecule has 0 unspecified atom stereocenters. The summed E-state index contributed by atoms with van der Waals surface area (Å²) >= 11 is 1.67. The molecule has 0 saturated carbocycles. The molecule has 0 aliphatic rings. The lowest BCUT2D eigenvalue weighted by Gasteiger charge is -1.99. The molecule has 0 aliphatic heterocycles. The number of thiophene rings is 1. The predicted octanol–water partition coefficient (Wildman–Crippen LogP) is 4.83. The van der Waals surface area contributed by atoms with Gasteiger partial charge in [-0.25, -0.2) is 0 Å². The van der Waals surface area contributed by atoms with Gasteiger partial charge in [0.05, 0.1) is 6.21 Å². The summed E-state index contributed by atoms with van der Waals surface area (Å²) < 4.78 is 0. The molecule has 0 fully saturated rings. The van der Waals surface area contributed by atoms with Gasteiger partial charge >= 0.3 is 0 Å². The first-order valence-electron chi connectivity index (χ1n) is 6.43. The molecule has 120 valence electrons. The lowest BCUT2D eigenvalue weighted by Crippen LogP contribution is -1.86. The van der Waals surface area contributed by atoms with Gasteiger partial charge in [0, 0.05) is 40.1 Å². The maximum absolute atomic E-state index is 8.95. The van der Waals surface area contributed by atoms with E-state index in [1.54, 1.807) is 36.1 Å². The third-order valence-electron chi connectivity index (χ3n) is 3.27. The molecular weight excluding hydrogens is 353 g/mol. The quantitative estimate of drug-likeness (QED) is 0.409. The van der Waals surface area contributed by atoms with Crippen molar-refractivity contribution in [1.29, 1.82) is 0 Å². The van der Waals surface area contributed by atoms with Gasteiger partial charge in [0.2, 0.25) is 0 Å². The summed E-state index contributed by atoms with van der Waals surface area (Å²) in [6.45, 7) is 2.04. The molecule has 3 rings (SSSR count). The van der Waals surface area contributed by atoms with E-state index in [1.807, 2.05) is 31.2 Å². The Labute approximate surface area is 150 Å². The van der Waals surface area contributed by atoms with E-state index in [4.69, 9.17) is 5.21 Å². The van der Waals surface area contributed by atoms with E-state index in [-0.39, 0.29) is 24.8 Å². The molecule has 0 radical (unpaired) electrons. The molecule has 3 aromatic heterocycles. The summed E-state index contributed by atoms with van der Waals surface area (Å²) in [4.78, 5) is 10.3. The maximum atomic E-state index is 8.95. The fraction of sp³-hybridized carbons (Fsp3) is 0.0625. The predicted molar refractivity (Wildman–Crippen MR) is 99.4 cm³/mol. The normalized spacial score (nSPS) is 10.1. The molecule has 4 nitrogen and oxygen atoms in total. The van der Waals surface area contributed by atoms with Crippen LogP contribution < -0.4 is 0 Å². The highest BCUT2D eigenvalue weighted by Gasteiger charge is 2.16. The van der Waals surface area contributed by atoms with E-state index in [9.17, 15) is 0 Å². The highest BCUT2D eigenvalue weighted by Crippen LogP contribution is 2.40. The van der Waals surface area contributed by atoms with Gasteiger partial charge in [0.15, 0.2) is 0 Å². The van der Waals surface area contributed by atoms with E-state index in [0.29, 0.717) is 0 Å². The van der Waals surface area contributed by atoms with E-state index in [0.717, 1.165) is 32.0 Å². The molecule has 3 aromatic rings. The fourth-order valence-electron chi connectivity index (χ4n) is 2.24. The Hall–Kier alpha value is -1.95. The number of hydrogen-bond acceptors (Lipinski definition) is 5. The molecule has 0 aliphatic carbocycles. The molecule has 7 heteroatoms. The Kier molecular flexibility index (Phi) is 7.16. The molecule has 0 saturated heterocycles. The highest BCUT2D eigenvalue weighted by molar-refractivity contribution is 7.19. The van der Waals surface area contributed by atoms with Crippen LogP contribution in [0.3, 0.4) is 0 Å². The minimum absolute atomic E-state index is 0. The van der Waals surface area contributed by atoms with Gasteiger partial charge in [0.25, 0.3) is 0 Å². The summed E-state index contributed by atoms with van der Waals surface area (Å²) in [6, 6.07) is 7.87. The van der Waals surface area contributed by atoms with Crippen molar-refractivity contribution >= 4 is 42.4 Å². The second-order valence-corrected chi connectivity index (χ2v) is 5.54. The smallest absolute Gasteiger partial charge is 0.0751 e. The Morgan fingerprint density at radius 2 is 1.39 bits per heavy atom. The first-order chi connectivity index (χ1) is 10.3. The molecular formula is C16H15Cl2N3OS. The van der Waals surface area contributed by atoms with Gasteiger partial charge in [-0.3, -0.25) is 9.97 Å². The second kappa shape index (κ2) is 8.62. The van der Waals surface area contributed by atoms with Crippen molar-refractivity contribution in [3.05, 3.63) is 60.2 Å². The molecule has 1 N–H and O–H groups in total. The number of halogens is 2. The Morgan fingerprint density at radius 3 is 1.87 bits per heavy atom. The monoisotopic (exact) mass is 367 g/mol. The molecule has 0 amide bonds. The third-order valence-corrected chi connectivity index (χ3v) is 4.67. The first-order valence-corrected chi connectivity index (χ1v) is 7.24. The summed E-state index contributed by atoms with van der Waals surface area (Å²) in [6.07, 6.45) is 8.57. The minimum atomic E-state index is 0. The number of hydrogen-bond donors (Lipinski definition) is 1. The zero-order chi connectivity index (χ0) is 14.7. The van der Waals surface area contributed by atoms with Crippen LogP contribution in [-0.4, -0.2) is 21.4 Å². The fourth-order valence-corrected chi connectivity index (χ4v) is 3.53. The van der Waals surface area contributed by atoms with Crippen molar-refractivity contribution in [2.45, 2.75) is 6.92 Å². The van der Waals surface area contributed by atoms with Crippen molar-refractivity contribution in [2.75, 3.05) is 0 Å². The summed E-state index contributed by atoms with van der Waals surface area (Å²) in [5.74, 6) is 0.